The molecule has 0 radical (unpaired) electrons. The van der Waals surface area contributed by atoms with Gasteiger partial charge in [-0.15, -0.1) is 0 Å². The largest absolute Gasteiger partial charge is 0.352 e. The molecule has 0 spiro atoms. The second-order valence-electron chi connectivity index (χ2n) is 4.78. The van der Waals surface area contributed by atoms with Gasteiger partial charge in [0.05, 0.1) is 0 Å². The van der Waals surface area contributed by atoms with Crippen LogP contribution in [0.3, 0.4) is 0 Å². The van der Waals surface area contributed by atoms with Crippen LogP contribution in [0.5, 0.6) is 0 Å². The van der Waals surface area contributed by atoms with Gasteiger partial charge in [0.25, 0.3) is 0 Å². The maximum absolute atomic E-state index is 11.6. The van der Waals surface area contributed by atoms with Crippen molar-refractivity contribution >= 4 is 5.91 Å². The predicted octanol–water partition coefficient (Wildman–Crippen LogP) is 2.39. The van der Waals surface area contributed by atoms with E-state index < -0.39 is 0 Å². The van der Waals surface area contributed by atoms with E-state index >= 15 is 0 Å². The van der Waals surface area contributed by atoms with Crippen LogP contribution in [0.4, 0.5) is 0 Å². The Morgan fingerprint density at radius 2 is 1.94 bits per heavy atom. The minimum absolute atomic E-state index is 0.103. The Hall–Kier alpha value is -1.35. The molecule has 1 unspecified atom stereocenters. The minimum Gasteiger partial charge on any atom is -0.352 e. The molecule has 0 saturated heterocycles. The number of carbonyl (C=O) groups excluding carboxylic acids is 1. The van der Waals surface area contributed by atoms with Crippen molar-refractivity contribution in [2.75, 3.05) is 6.54 Å². The van der Waals surface area contributed by atoms with Gasteiger partial charge in [-0.1, -0.05) is 36.8 Å². The number of nitrogens with one attached hydrogen (secondary N) is 2. The Kier molecular flexibility index (Phi) is 6.44. The van der Waals surface area contributed by atoms with Crippen LogP contribution in [0, 0.1) is 6.92 Å². The highest BCUT2D eigenvalue weighted by molar-refractivity contribution is 5.76. The molecule has 0 fully saturated rings. The van der Waals surface area contributed by atoms with Gasteiger partial charge >= 0.3 is 0 Å². The number of carbonyl (C=O) groups is 1. The van der Waals surface area contributed by atoms with Crippen LogP contribution in [0.15, 0.2) is 24.3 Å². The SMILES string of the molecule is CCC(C)NCCC(=O)NCc1ccc(C)cc1. The second kappa shape index (κ2) is 7.88. The van der Waals surface area contributed by atoms with E-state index in [-0.39, 0.29) is 5.91 Å². The number of benzene rings is 1. The van der Waals surface area contributed by atoms with E-state index in [2.05, 4.69) is 43.5 Å². The van der Waals surface area contributed by atoms with Crippen molar-refractivity contribution in [3.8, 4) is 0 Å². The highest BCUT2D eigenvalue weighted by atomic mass is 16.1. The molecule has 0 heterocycles. The minimum atomic E-state index is 0.103. The Morgan fingerprint density at radius 3 is 2.56 bits per heavy atom. The summed E-state index contributed by atoms with van der Waals surface area (Å²) in [7, 11) is 0. The maximum Gasteiger partial charge on any atom is 0.221 e. The highest BCUT2D eigenvalue weighted by Gasteiger charge is 2.02. The third-order valence-electron chi connectivity index (χ3n) is 3.07. The topological polar surface area (TPSA) is 41.1 Å². The molecule has 0 aliphatic heterocycles. The van der Waals surface area contributed by atoms with Gasteiger partial charge in [-0.25, -0.2) is 0 Å². The first-order valence-electron chi connectivity index (χ1n) is 6.67. The average Bonchev–Trinajstić information content (AvgIpc) is 2.38. The Bertz CT molecular complexity index is 359. The molecule has 0 aromatic heterocycles. The van der Waals surface area contributed by atoms with Crippen LogP contribution in [0.2, 0.25) is 0 Å². The molecule has 3 heteroatoms. The summed E-state index contributed by atoms with van der Waals surface area (Å²) < 4.78 is 0. The molecule has 1 atom stereocenters. The molecule has 3 nitrogen and oxygen atoms in total. The molecule has 0 aliphatic rings. The van der Waals surface area contributed by atoms with Gasteiger partial charge in [0.2, 0.25) is 5.91 Å². The standard InChI is InChI=1S/C15H24N2O/c1-4-13(3)16-10-9-15(18)17-11-14-7-5-12(2)6-8-14/h5-8,13,16H,4,9-11H2,1-3H3,(H,17,18). The van der Waals surface area contributed by atoms with E-state index in [0.29, 0.717) is 19.0 Å². The van der Waals surface area contributed by atoms with Crippen molar-refractivity contribution in [2.45, 2.75) is 46.2 Å². The first-order valence-corrected chi connectivity index (χ1v) is 6.67. The van der Waals surface area contributed by atoms with E-state index in [4.69, 9.17) is 0 Å². The van der Waals surface area contributed by atoms with Crippen molar-refractivity contribution in [1.29, 1.82) is 0 Å². The molecule has 0 saturated carbocycles. The molecule has 18 heavy (non-hydrogen) atoms. The lowest BCUT2D eigenvalue weighted by Gasteiger charge is -2.11. The van der Waals surface area contributed by atoms with Crippen molar-refractivity contribution < 1.29 is 4.79 Å². The van der Waals surface area contributed by atoms with E-state index in [1.54, 1.807) is 0 Å². The van der Waals surface area contributed by atoms with Crippen LogP contribution in [-0.4, -0.2) is 18.5 Å². The van der Waals surface area contributed by atoms with Crippen LogP contribution in [0.25, 0.3) is 0 Å². The first-order chi connectivity index (χ1) is 8.61. The van der Waals surface area contributed by atoms with Crippen LogP contribution >= 0.6 is 0 Å². The summed E-state index contributed by atoms with van der Waals surface area (Å²) in [5.74, 6) is 0.103. The fourth-order valence-corrected chi connectivity index (χ4v) is 1.57. The number of hydrogen-bond donors (Lipinski definition) is 2. The Morgan fingerprint density at radius 1 is 1.28 bits per heavy atom. The van der Waals surface area contributed by atoms with Crippen molar-refractivity contribution in [3.05, 3.63) is 35.4 Å². The van der Waals surface area contributed by atoms with Crippen LogP contribution in [0.1, 0.15) is 37.8 Å². The predicted molar refractivity (Wildman–Crippen MR) is 75.4 cm³/mol. The molecular formula is C15H24N2O. The molecule has 1 aromatic carbocycles. The summed E-state index contributed by atoms with van der Waals surface area (Å²) in [5.41, 5.74) is 2.38. The monoisotopic (exact) mass is 248 g/mol. The molecule has 1 aromatic rings. The third-order valence-corrected chi connectivity index (χ3v) is 3.07. The van der Waals surface area contributed by atoms with E-state index in [1.807, 2.05) is 12.1 Å². The highest BCUT2D eigenvalue weighted by Crippen LogP contribution is 2.02. The first kappa shape index (κ1) is 14.7. The molecule has 2 N–H and O–H groups in total. The molecule has 1 amide bonds. The molecule has 0 bridgehead atoms. The Balaban J connectivity index is 2.19. The molecular weight excluding hydrogens is 224 g/mol. The van der Waals surface area contributed by atoms with E-state index in [0.717, 1.165) is 18.5 Å². The summed E-state index contributed by atoms with van der Waals surface area (Å²) in [6.45, 7) is 7.68. The lowest BCUT2D eigenvalue weighted by Crippen LogP contribution is -2.31. The number of rotatable bonds is 7. The van der Waals surface area contributed by atoms with Crippen LogP contribution in [-0.2, 0) is 11.3 Å². The van der Waals surface area contributed by atoms with Gasteiger partial charge in [0, 0.05) is 25.6 Å². The fourth-order valence-electron chi connectivity index (χ4n) is 1.57. The number of hydrogen-bond acceptors (Lipinski definition) is 2. The van der Waals surface area contributed by atoms with E-state index in [1.165, 1.54) is 5.56 Å². The number of aryl methyl sites for hydroxylation is 1. The molecule has 1 rings (SSSR count). The van der Waals surface area contributed by atoms with Gasteiger partial charge in [0.15, 0.2) is 0 Å². The van der Waals surface area contributed by atoms with Gasteiger partial charge in [-0.05, 0) is 25.8 Å². The summed E-state index contributed by atoms with van der Waals surface area (Å²) in [6, 6.07) is 8.70. The van der Waals surface area contributed by atoms with E-state index in [9.17, 15) is 4.79 Å². The van der Waals surface area contributed by atoms with Crippen molar-refractivity contribution in [3.63, 3.8) is 0 Å². The molecule has 0 aliphatic carbocycles. The maximum atomic E-state index is 11.6. The zero-order chi connectivity index (χ0) is 13.4. The fraction of sp³-hybridized carbons (Fsp3) is 0.533. The number of amides is 1. The van der Waals surface area contributed by atoms with Gasteiger partial charge in [-0.3, -0.25) is 4.79 Å². The van der Waals surface area contributed by atoms with Gasteiger partial charge in [-0.2, -0.15) is 0 Å². The smallest absolute Gasteiger partial charge is 0.221 e. The van der Waals surface area contributed by atoms with Crippen molar-refractivity contribution in [1.82, 2.24) is 10.6 Å². The summed E-state index contributed by atoms with van der Waals surface area (Å²) >= 11 is 0. The van der Waals surface area contributed by atoms with Crippen LogP contribution < -0.4 is 10.6 Å². The second-order valence-corrected chi connectivity index (χ2v) is 4.78. The lowest BCUT2D eigenvalue weighted by molar-refractivity contribution is -0.121. The van der Waals surface area contributed by atoms with Crippen molar-refractivity contribution in [2.24, 2.45) is 0 Å². The summed E-state index contributed by atoms with van der Waals surface area (Å²) in [5, 5.41) is 6.24. The van der Waals surface area contributed by atoms with Gasteiger partial charge in [0.1, 0.15) is 0 Å². The van der Waals surface area contributed by atoms with Gasteiger partial charge < -0.3 is 10.6 Å². The Labute approximate surface area is 110 Å². The average molecular weight is 248 g/mol. The molecule has 100 valence electrons. The normalized spacial score (nSPS) is 12.2. The summed E-state index contributed by atoms with van der Waals surface area (Å²) in [4.78, 5) is 11.6. The summed E-state index contributed by atoms with van der Waals surface area (Å²) in [6.07, 6.45) is 1.63. The quantitative estimate of drug-likeness (QED) is 0.778. The zero-order valence-corrected chi connectivity index (χ0v) is 11.6. The lowest BCUT2D eigenvalue weighted by atomic mass is 10.1. The zero-order valence-electron chi connectivity index (χ0n) is 11.6. The third kappa shape index (κ3) is 5.82.